The lowest BCUT2D eigenvalue weighted by atomic mass is 10.0. The van der Waals surface area contributed by atoms with Gasteiger partial charge in [0, 0.05) is 42.8 Å². The summed E-state index contributed by atoms with van der Waals surface area (Å²) in [5.74, 6) is -0.210. The van der Waals surface area contributed by atoms with Crippen molar-refractivity contribution < 1.29 is 18.0 Å². The van der Waals surface area contributed by atoms with Gasteiger partial charge in [-0.15, -0.1) is 0 Å². The van der Waals surface area contributed by atoms with Crippen LogP contribution in [0, 0.1) is 0 Å². The van der Waals surface area contributed by atoms with E-state index in [9.17, 15) is 18.0 Å². The molecule has 0 spiro atoms. The summed E-state index contributed by atoms with van der Waals surface area (Å²) in [6.45, 7) is 3.58. The van der Waals surface area contributed by atoms with E-state index in [2.05, 4.69) is 5.32 Å². The van der Waals surface area contributed by atoms with Gasteiger partial charge >= 0.3 is 0 Å². The number of carbonyl (C=O) groups excluding carboxylic acids is 2. The van der Waals surface area contributed by atoms with E-state index in [0.717, 1.165) is 19.3 Å². The summed E-state index contributed by atoms with van der Waals surface area (Å²) in [6.07, 6.45) is 4.17. The monoisotopic (exact) mass is 469 g/mol. The lowest BCUT2D eigenvalue weighted by molar-refractivity contribution is 0.0698. The van der Waals surface area contributed by atoms with Gasteiger partial charge in [-0.3, -0.25) is 9.59 Å². The minimum Gasteiger partial charge on any atom is -0.349 e. The number of hydrogen-bond acceptors (Lipinski definition) is 4. The minimum absolute atomic E-state index is 0.00580. The summed E-state index contributed by atoms with van der Waals surface area (Å²) in [7, 11) is -3.55. The Morgan fingerprint density at radius 3 is 2.15 bits per heavy atom. The fourth-order valence-corrected chi connectivity index (χ4v) is 6.30. The van der Waals surface area contributed by atoms with Gasteiger partial charge < -0.3 is 10.2 Å². The number of amides is 2. The number of benzene rings is 2. The first-order chi connectivity index (χ1) is 15.9. The Labute approximate surface area is 195 Å². The Bertz CT molecular complexity index is 1080. The highest BCUT2D eigenvalue weighted by molar-refractivity contribution is 7.89. The van der Waals surface area contributed by atoms with E-state index in [-0.39, 0.29) is 28.8 Å². The maximum Gasteiger partial charge on any atom is 0.253 e. The van der Waals surface area contributed by atoms with Crippen molar-refractivity contribution in [2.24, 2.45) is 0 Å². The fraction of sp³-hybridized carbons (Fsp3) is 0.440. The number of likely N-dealkylation sites (tertiary alicyclic amines) is 1. The fourth-order valence-electron chi connectivity index (χ4n) is 4.60. The molecule has 1 atom stereocenters. The van der Waals surface area contributed by atoms with E-state index in [1.165, 1.54) is 12.1 Å². The summed E-state index contributed by atoms with van der Waals surface area (Å²) in [5.41, 5.74) is 1.11. The van der Waals surface area contributed by atoms with Crippen molar-refractivity contribution >= 4 is 21.8 Å². The molecule has 7 nitrogen and oxygen atoms in total. The molecule has 2 amide bonds. The molecule has 0 aliphatic carbocycles. The van der Waals surface area contributed by atoms with Crippen LogP contribution in [0.2, 0.25) is 0 Å². The zero-order valence-corrected chi connectivity index (χ0v) is 19.8. The molecule has 1 N–H and O–H groups in total. The second-order valence-corrected chi connectivity index (χ2v) is 10.8. The van der Waals surface area contributed by atoms with E-state index < -0.39 is 10.0 Å². The predicted octanol–water partition coefficient (Wildman–Crippen LogP) is 3.28. The SMILES string of the molecule is CC1CCCCN1S(=O)(=O)c1ccc(C(=O)N2CCC(NC(=O)c3ccccc3)CC2)cc1. The maximum absolute atomic E-state index is 13.0. The molecule has 33 heavy (non-hydrogen) atoms. The van der Waals surface area contributed by atoms with Crippen LogP contribution in [0.3, 0.4) is 0 Å². The maximum atomic E-state index is 13.0. The van der Waals surface area contributed by atoms with Crippen molar-refractivity contribution in [2.45, 2.75) is 56.0 Å². The van der Waals surface area contributed by atoms with Crippen LogP contribution in [0.25, 0.3) is 0 Å². The number of nitrogens with one attached hydrogen (secondary N) is 1. The molecule has 0 radical (unpaired) electrons. The molecule has 8 heteroatoms. The quantitative estimate of drug-likeness (QED) is 0.728. The van der Waals surface area contributed by atoms with E-state index in [0.29, 0.717) is 43.6 Å². The zero-order valence-electron chi connectivity index (χ0n) is 18.9. The third kappa shape index (κ3) is 5.28. The van der Waals surface area contributed by atoms with Crippen LogP contribution in [-0.2, 0) is 10.0 Å². The molecule has 2 saturated heterocycles. The molecule has 176 valence electrons. The highest BCUT2D eigenvalue weighted by Crippen LogP contribution is 2.25. The van der Waals surface area contributed by atoms with E-state index in [1.54, 1.807) is 33.5 Å². The summed E-state index contributed by atoms with van der Waals surface area (Å²) in [6, 6.07) is 15.4. The van der Waals surface area contributed by atoms with Gasteiger partial charge in [0.2, 0.25) is 10.0 Å². The van der Waals surface area contributed by atoms with Crippen molar-refractivity contribution in [1.29, 1.82) is 0 Å². The smallest absolute Gasteiger partial charge is 0.253 e. The van der Waals surface area contributed by atoms with Gasteiger partial charge in [-0.05, 0) is 69.0 Å². The molecule has 2 aromatic rings. The Balaban J connectivity index is 1.34. The van der Waals surface area contributed by atoms with Crippen LogP contribution in [0.4, 0.5) is 0 Å². The van der Waals surface area contributed by atoms with Gasteiger partial charge in [0.15, 0.2) is 0 Å². The average Bonchev–Trinajstić information content (AvgIpc) is 2.85. The van der Waals surface area contributed by atoms with Crippen LogP contribution in [0.1, 0.15) is 59.7 Å². The van der Waals surface area contributed by atoms with Gasteiger partial charge in [-0.25, -0.2) is 8.42 Å². The van der Waals surface area contributed by atoms with Gasteiger partial charge in [0.05, 0.1) is 4.90 Å². The third-order valence-electron chi connectivity index (χ3n) is 6.60. The molecule has 2 aromatic carbocycles. The Morgan fingerprint density at radius 2 is 1.52 bits per heavy atom. The first-order valence-corrected chi connectivity index (χ1v) is 13.1. The molecule has 2 aliphatic heterocycles. The lowest BCUT2D eigenvalue weighted by Crippen LogP contribution is -2.46. The lowest BCUT2D eigenvalue weighted by Gasteiger charge is -2.33. The van der Waals surface area contributed by atoms with Crippen LogP contribution in [0.5, 0.6) is 0 Å². The summed E-state index contributed by atoms with van der Waals surface area (Å²) in [4.78, 5) is 27.3. The van der Waals surface area contributed by atoms with Gasteiger partial charge in [0.25, 0.3) is 11.8 Å². The Morgan fingerprint density at radius 1 is 0.848 bits per heavy atom. The van der Waals surface area contributed by atoms with Crippen molar-refractivity contribution in [3.05, 3.63) is 65.7 Å². The third-order valence-corrected chi connectivity index (χ3v) is 8.63. The molecular weight excluding hydrogens is 438 g/mol. The van der Waals surface area contributed by atoms with Crippen molar-refractivity contribution in [3.8, 4) is 0 Å². The number of nitrogens with zero attached hydrogens (tertiary/aromatic N) is 2. The van der Waals surface area contributed by atoms with Crippen molar-refractivity contribution in [3.63, 3.8) is 0 Å². The molecule has 4 rings (SSSR count). The number of sulfonamides is 1. The molecule has 1 unspecified atom stereocenters. The van der Waals surface area contributed by atoms with Gasteiger partial charge in [-0.2, -0.15) is 4.31 Å². The Kier molecular flexibility index (Phi) is 7.14. The molecule has 0 bridgehead atoms. The number of piperidine rings is 2. The van der Waals surface area contributed by atoms with Crippen LogP contribution < -0.4 is 5.32 Å². The molecular formula is C25H31N3O4S. The predicted molar refractivity (Wildman–Crippen MR) is 126 cm³/mol. The van der Waals surface area contributed by atoms with Crippen molar-refractivity contribution in [1.82, 2.24) is 14.5 Å². The van der Waals surface area contributed by atoms with Gasteiger partial charge in [0.1, 0.15) is 0 Å². The van der Waals surface area contributed by atoms with E-state index in [4.69, 9.17) is 0 Å². The topological polar surface area (TPSA) is 86.8 Å². The first-order valence-electron chi connectivity index (χ1n) is 11.6. The minimum atomic E-state index is -3.55. The van der Waals surface area contributed by atoms with Crippen LogP contribution in [-0.4, -0.2) is 61.2 Å². The zero-order chi connectivity index (χ0) is 23.4. The summed E-state index contributed by atoms with van der Waals surface area (Å²) in [5, 5.41) is 3.04. The number of hydrogen-bond donors (Lipinski definition) is 1. The highest BCUT2D eigenvalue weighted by Gasteiger charge is 2.31. The first kappa shape index (κ1) is 23.4. The molecule has 0 aromatic heterocycles. The van der Waals surface area contributed by atoms with Crippen LogP contribution >= 0.6 is 0 Å². The number of rotatable bonds is 5. The largest absolute Gasteiger partial charge is 0.349 e. The second kappa shape index (κ2) is 10.1. The van der Waals surface area contributed by atoms with Crippen molar-refractivity contribution in [2.75, 3.05) is 19.6 Å². The molecule has 2 aliphatic rings. The molecule has 2 fully saturated rings. The van der Waals surface area contributed by atoms with Gasteiger partial charge in [-0.1, -0.05) is 24.6 Å². The van der Waals surface area contributed by atoms with E-state index in [1.807, 2.05) is 25.1 Å². The second-order valence-electron chi connectivity index (χ2n) is 8.89. The number of carbonyl (C=O) groups is 2. The van der Waals surface area contributed by atoms with E-state index >= 15 is 0 Å². The average molecular weight is 470 g/mol. The standard InChI is InChI=1S/C25H31N3O4S/c1-19-7-5-6-16-28(19)33(31,32)23-12-10-21(11-13-23)25(30)27-17-14-22(15-18-27)26-24(29)20-8-3-2-4-9-20/h2-4,8-13,19,22H,5-7,14-18H2,1H3,(H,26,29). The summed E-state index contributed by atoms with van der Waals surface area (Å²) < 4.78 is 27.6. The normalized spacial score (nSPS) is 20.4. The Hall–Kier alpha value is -2.71. The molecule has 2 heterocycles. The highest BCUT2D eigenvalue weighted by atomic mass is 32.2. The van der Waals surface area contributed by atoms with Crippen LogP contribution in [0.15, 0.2) is 59.5 Å². The summed E-state index contributed by atoms with van der Waals surface area (Å²) >= 11 is 0. The molecule has 0 saturated carbocycles.